The predicted molar refractivity (Wildman–Crippen MR) is 100 cm³/mol. The number of benzene rings is 2. The highest BCUT2D eigenvalue weighted by molar-refractivity contribution is 5.68. The van der Waals surface area contributed by atoms with E-state index in [0.717, 1.165) is 18.8 Å². The van der Waals surface area contributed by atoms with Crippen molar-refractivity contribution in [3.63, 3.8) is 0 Å². The van der Waals surface area contributed by atoms with Crippen molar-refractivity contribution >= 4 is 0 Å². The first kappa shape index (κ1) is 17.6. The molecule has 0 aliphatic heterocycles. The zero-order chi connectivity index (χ0) is 16.5. The molecule has 0 radical (unpaired) electrons. The number of hydrogen-bond acceptors (Lipinski definition) is 1. The molecule has 0 aromatic heterocycles. The molecule has 0 atom stereocenters. The van der Waals surface area contributed by atoms with E-state index in [9.17, 15) is 0 Å². The van der Waals surface area contributed by atoms with Gasteiger partial charge in [-0.05, 0) is 54.7 Å². The number of rotatable bonds is 9. The molecular formula is C22H30O. The number of aryl methyl sites for hydroxylation is 1. The maximum absolute atomic E-state index is 5.86. The minimum absolute atomic E-state index is 0.828. The van der Waals surface area contributed by atoms with E-state index >= 15 is 0 Å². The van der Waals surface area contributed by atoms with Crippen LogP contribution in [0.2, 0.25) is 0 Å². The van der Waals surface area contributed by atoms with Crippen molar-refractivity contribution in [2.24, 2.45) is 0 Å². The van der Waals surface area contributed by atoms with Gasteiger partial charge in [-0.15, -0.1) is 0 Å². The summed E-state index contributed by atoms with van der Waals surface area (Å²) in [6, 6.07) is 15.0. The summed E-state index contributed by atoms with van der Waals surface area (Å²) in [4.78, 5) is 0. The lowest BCUT2D eigenvalue weighted by Gasteiger charge is -2.10. The van der Waals surface area contributed by atoms with E-state index in [4.69, 9.17) is 4.74 Å². The summed E-state index contributed by atoms with van der Waals surface area (Å²) in [7, 11) is 0. The molecule has 0 N–H and O–H groups in total. The van der Waals surface area contributed by atoms with Gasteiger partial charge in [-0.25, -0.2) is 0 Å². The average molecular weight is 310 g/mol. The van der Waals surface area contributed by atoms with Gasteiger partial charge in [-0.2, -0.15) is 0 Å². The fourth-order valence-electron chi connectivity index (χ4n) is 2.87. The highest BCUT2D eigenvalue weighted by Gasteiger charge is 2.04. The van der Waals surface area contributed by atoms with Crippen molar-refractivity contribution in [1.82, 2.24) is 0 Å². The highest BCUT2D eigenvalue weighted by atomic mass is 16.5. The van der Waals surface area contributed by atoms with Gasteiger partial charge in [0.15, 0.2) is 0 Å². The first-order valence-corrected chi connectivity index (χ1v) is 9.02. The van der Waals surface area contributed by atoms with Crippen LogP contribution in [-0.4, -0.2) is 6.61 Å². The standard InChI is InChI=1S/C22H30O/c1-4-5-6-7-8-9-17-23-21-15-13-20(14-16-21)22-12-10-11-18(2)19(22)3/h10-16H,4-9,17H2,1-3H3. The zero-order valence-electron chi connectivity index (χ0n) is 14.9. The van der Waals surface area contributed by atoms with Crippen molar-refractivity contribution < 1.29 is 4.74 Å². The molecule has 0 heterocycles. The smallest absolute Gasteiger partial charge is 0.119 e. The zero-order valence-corrected chi connectivity index (χ0v) is 14.9. The summed E-state index contributed by atoms with van der Waals surface area (Å²) < 4.78 is 5.86. The quantitative estimate of drug-likeness (QED) is 0.468. The van der Waals surface area contributed by atoms with Crippen LogP contribution in [0.15, 0.2) is 42.5 Å². The Morgan fingerprint density at radius 3 is 2.22 bits per heavy atom. The minimum atomic E-state index is 0.828. The van der Waals surface area contributed by atoms with Crippen molar-refractivity contribution in [2.75, 3.05) is 6.61 Å². The van der Waals surface area contributed by atoms with E-state index in [-0.39, 0.29) is 0 Å². The lowest BCUT2D eigenvalue weighted by molar-refractivity contribution is 0.304. The number of hydrogen-bond donors (Lipinski definition) is 0. The average Bonchev–Trinajstić information content (AvgIpc) is 2.57. The minimum Gasteiger partial charge on any atom is -0.494 e. The van der Waals surface area contributed by atoms with Gasteiger partial charge in [0.1, 0.15) is 5.75 Å². The summed E-state index contributed by atoms with van der Waals surface area (Å²) >= 11 is 0. The van der Waals surface area contributed by atoms with E-state index < -0.39 is 0 Å². The maximum Gasteiger partial charge on any atom is 0.119 e. The molecule has 1 heteroatoms. The van der Waals surface area contributed by atoms with Crippen LogP contribution in [0.5, 0.6) is 5.75 Å². The Labute approximate surface area is 141 Å². The van der Waals surface area contributed by atoms with Crippen molar-refractivity contribution in [3.8, 4) is 16.9 Å². The lowest BCUT2D eigenvalue weighted by atomic mass is 9.97. The van der Waals surface area contributed by atoms with E-state index in [1.165, 1.54) is 54.4 Å². The molecule has 0 bridgehead atoms. The fourth-order valence-corrected chi connectivity index (χ4v) is 2.87. The Morgan fingerprint density at radius 2 is 1.48 bits per heavy atom. The second kappa shape index (κ2) is 9.39. The van der Waals surface area contributed by atoms with Crippen LogP contribution >= 0.6 is 0 Å². The first-order valence-electron chi connectivity index (χ1n) is 9.02. The highest BCUT2D eigenvalue weighted by Crippen LogP contribution is 2.27. The van der Waals surface area contributed by atoms with E-state index in [1.54, 1.807) is 0 Å². The molecular weight excluding hydrogens is 280 g/mol. The monoisotopic (exact) mass is 310 g/mol. The van der Waals surface area contributed by atoms with Crippen molar-refractivity contribution in [1.29, 1.82) is 0 Å². The molecule has 2 aromatic rings. The van der Waals surface area contributed by atoms with Gasteiger partial charge in [-0.1, -0.05) is 69.4 Å². The molecule has 2 aromatic carbocycles. The van der Waals surface area contributed by atoms with Crippen LogP contribution in [-0.2, 0) is 0 Å². The lowest BCUT2D eigenvalue weighted by Crippen LogP contribution is -1.97. The Kier molecular flexibility index (Phi) is 7.19. The van der Waals surface area contributed by atoms with Crippen LogP contribution in [0.25, 0.3) is 11.1 Å². The van der Waals surface area contributed by atoms with E-state index in [1.807, 2.05) is 0 Å². The van der Waals surface area contributed by atoms with E-state index in [0.29, 0.717) is 0 Å². The normalized spacial score (nSPS) is 10.7. The van der Waals surface area contributed by atoms with Gasteiger partial charge in [-0.3, -0.25) is 0 Å². The van der Waals surface area contributed by atoms with Gasteiger partial charge in [0.05, 0.1) is 6.61 Å². The van der Waals surface area contributed by atoms with Crippen molar-refractivity contribution in [3.05, 3.63) is 53.6 Å². The number of ether oxygens (including phenoxy) is 1. The van der Waals surface area contributed by atoms with Gasteiger partial charge in [0.2, 0.25) is 0 Å². The third-order valence-electron chi connectivity index (χ3n) is 4.54. The second-order valence-corrected chi connectivity index (χ2v) is 6.39. The van der Waals surface area contributed by atoms with Crippen LogP contribution in [0, 0.1) is 13.8 Å². The van der Waals surface area contributed by atoms with Crippen LogP contribution in [0.1, 0.15) is 56.6 Å². The fraction of sp³-hybridized carbons (Fsp3) is 0.455. The summed E-state index contributed by atoms with van der Waals surface area (Å²) in [6.07, 6.45) is 7.80. The maximum atomic E-state index is 5.86. The Bertz CT molecular complexity index is 583. The van der Waals surface area contributed by atoms with Crippen LogP contribution in [0.4, 0.5) is 0 Å². The summed E-state index contributed by atoms with van der Waals surface area (Å²) in [5.41, 5.74) is 5.27. The third-order valence-corrected chi connectivity index (χ3v) is 4.54. The Morgan fingerprint density at radius 1 is 0.783 bits per heavy atom. The SMILES string of the molecule is CCCCCCCCOc1ccc(-c2cccc(C)c2C)cc1. The molecule has 0 aliphatic carbocycles. The number of unbranched alkanes of at least 4 members (excludes halogenated alkanes) is 5. The second-order valence-electron chi connectivity index (χ2n) is 6.39. The molecule has 0 unspecified atom stereocenters. The summed E-state index contributed by atoms with van der Waals surface area (Å²) in [6.45, 7) is 7.43. The molecule has 0 spiro atoms. The van der Waals surface area contributed by atoms with Gasteiger partial charge < -0.3 is 4.74 Å². The van der Waals surface area contributed by atoms with Gasteiger partial charge >= 0.3 is 0 Å². The molecule has 0 aliphatic rings. The molecule has 2 rings (SSSR count). The predicted octanol–water partition coefficient (Wildman–Crippen LogP) is 6.71. The van der Waals surface area contributed by atoms with Gasteiger partial charge in [0.25, 0.3) is 0 Å². The Balaban J connectivity index is 1.82. The van der Waals surface area contributed by atoms with Gasteiger partial charge in [0, 0.05) is 0 Å². The Hall–Kier alpha value is -1.76. The first-order chi connectivity index (χ1) is 11.2. The molecule has 23 heavy (non-hydrogen) atoms. The summed E-state index contributed by atoms with van der Waals surface area (Å²) in [5, 5.41) is 0. The van der Waals surface area contributed by atoms with E-state index in [2.05, 4.69) is 63.2 Å². The van der Waals surface area contributed by atoms with Crippen molar-refractivity contribution in [2.45, 2.75) is 59.3 Å². The molecule has 124 valence electrons. The van der Waals surface area contributed by atoms with Crippen LogP contribution in [0.3, 0.4) is 0 Å². The molecule has 1 nitrogen and oxygen atoms in total. The molecule has 0 fully saturated rings. The van der Waals surface area contributed by atoms with Crippen LogP contribution < -0.4 is 4.74 Å². The topological polar surface area (TPSA) is 9.23 Å². The molecule has 0 amide bonds. The summed E-state index contributed by atoms with van der Waals surface area (Å²) in [5.74, 6) is 0.979. The molecule has 0 saturated carbocycles. The molecule has 0 saturated heterocycles. The third kappa shape index (κ3) is 5.42. The largest absolute Gasteiger partial charge is 0.494 e.